The van der Waals surface area contributed by atoms with Crippen molar-refractivity contribution in [3.63, 3.8) is 0 Å². The molecule has 0 radical (unpaired) electrons. The topological polar surface area (TPSA) is 74.7 Å². The molecule has 8 rings (SSSR count). The van der Waals surface area contributed by atoms with Gasteiger partial charge in [-0.15, -0.1) is 10.2 Å². The van der Waals surface area contributed by atoms with Crippen molar-refractivity contribution in [1.82, 2.24) is 25.0 Å². The first-order valence-corrected chi connectivity index (χ1v) is 16.9. The van der Waals surface area contributed by atoms with E-state index in [1.807, 2.05) is 24.9 Å². The SMILES string of the molecule is CCOc1cncc(-c2cc(CN3CCN(c4ccc(C(=O)N(C)CC56CC7CC(CC(C7)C5)C6)nn4)CC3)cc(C(F)(F)F)c2)c1. The Morgan fingerprint density at radius 2 is 1.64 bits per heavy atom. The number of hydrogen-bond donors (Lipinski definition) is 0. The van der Waals surface area contributed by atoms with Crippen molar-refractivity contribution >= 4 is 11.7 Å². The van der Waals surface area contributed by atoms with Crippen LogP contribution in [-0.4, -0.2) is 77.3 Å². The van der Waals surface area contributed by atoms with Crippen molar-refractivity contribution in [3.8, 4) is 16.9 Å². The molecule has 0 N–H and O–H groups in total. The molecule has 4 aliphatic carbocycles. The molecule has 2 aromatic heterocycles. The predicted molar refractivity (Wildman–Crippen MR) is 173 cm³/mol. The quantitative estimate of drug-likeness (QED) is 0.260. The number of ether oxygens (including phenoxy) is 1. The van der Waals surface area contributed by atoms with E-state index in [9.17, 15) is 18.0 Å². The zero-order valence-electron chi connectivity index (χ0n) is 27.2. The molecular weight excluding hydrogens is 605 g/mol. The number of benzene rings is 1. The maximum Gasteiger partial charge on any atom is 0.416 e. The number of anilines is 1. The molecular formula is C36H43F3N6O2. The number of halogens is 3. The fourth-order valence-electron chi connectivity index (χ4n) is 9.19. The van der Waals surface area contributed by atoms with Gasteiger partial charge in [0.25, 0.3) is 5.91 Å². The van der Waals surface area contributed by atoms with Crippen LogP contribution >= 0.6 is 0 Å². The number of aromatic nitrogens is 3. The second-order valence-electron chi connectivity index (χ2n) is 14.4. The third kappa shape index (κ3) is 6.96. The van der Waals surface area contributed by atoms with E-state index < -0.39 is 11.7 Å². The lowest BCUT2D eigenvalue weighted by atomic mass is 9.49. The van der Waals surface area contributed by atoms with Crippen molar-refractivity contribution in [2.24, 2.45) is 23.2 Å². The summed E-state index contributed by atoms with van der Waals surface area (Å²) in [6.07, 6.45) is 6.54. The van der Waals surface area contributed by atoms with Gasteiger partial charge in [-0.05, 0) is 116 Å². The number of amides is 1. The molecule has 5 fully saturated rings. The molecule has 0 unspecified atom stereocenters. The zero-order chi connectivity index (χ0) is 32.8. The Morgan fingerprint density at radius 3 is 2.26 bits per heavy atom. The zero-order valence-corrected chi connectivity index (χ0v) is 27.2. The Hall–Kier alpha value is -3.73. The maximum absolute atomic E-state index is 13.9. The fourth-order valence-corrected chi connectivity index (χ4v) is 9.19. The Bertz CT molecular complexity index is 1550. The molecule has 8 nitrogen and oxygen atoms in total. The maximum atomic E-state index is 13.9. The van der Waals surface area contributed by atoms with E-state index in [1.54, 1.807) is 30.6 Å². The van der Waals surface area contributed by atoms with Crippen molar-refractivity contribution in [1.29, 1.82) is 0 Å². The molecule has 1 aromatic carbocycles. The highest BCUT2D eigenvalue weighted by atomic mass is 19.4. The van der Waals surface area contributed by atoms with Gasteiger partial charge in [0.1, 0.15) is 5.75 Å². The van der Waals surface area contributed by atoms with E-state index in [-0.39, 0.29) is 11.3 Å². The average molecular weight is 649 g/mol. The summed E-state index contributed by atoms with van der Waals surface area (Å²) >= 11 is 0. The first-order chi connectivity index (χ1) is 22.6. The Balaban J connectivity index is 0.965. The van der Waals surface area contributed by atoms with Crippen LogP contribution in [-0.2, 0) is 12.7 Å². The standard InChI is InChI=1S/C36H43F3N6O2/c1-3-47-31-16-29(20-40-21-31)28-13-27(14-30(15-28)36(37,38)39)22-44-6-8-45(9-7-44)33-5-4-32(41-42-33)34(46)43(2)23-35-17-24-10-25(18-35)12-26(11-24)19-35/h4-5,13-16,20-21,24-26H,3,6-12,17-19,22-23H2,1-2H3. The third-order valence-corrected chi connectivity index (χ3v) is 10.7. The van der Waals surface area contributed by atoms with E-state index >= 15 is 0 Å². The van der Waals surface area contributed by atoms with Gasteiger partial charge >= 0.3 is 6.18 Å². The van der Waals surface area contributed by atoms with Gasteiger partial charge < -0.3 is 14.5 Å². The minimum absolute atomic E-state index is 0.0783. The summed E-state index contributed by atoms with van der Waals surface area (Å²) in [6.45, 7) is 6.09. The van der Waals surface area contributed by atoms with Crippen LogP contribution in [0.3, 0.4) is 0 Å². The Labute approximate surface area is 274 Å². The van der Waals surface area contributed by atoms with Crippen molar-refractivity contribution in [2.75, 3.05) is 51.3 Å². The lowest BCUT2D eigenvalue weighted by molar-refractivity contribution is -0.137. The van der Waals surface area contributed by atoms with Crippen LogP contribution in [0.2, 0.25) is 0 Å². The number of pyridine rings is 1. The first-order valence-electron chi connectivity index (χ1n) is 16.9. The number of carbonyl (C=O) groups excluding carboxylic acids is 1. The van der Waals surface area contributed by atoms with Crippen LogP contribution in [0.25, 0.3) is 11.1 Å². The summed E-state index contributed by atoms with van der Waals surface area (Å²) in [5, 5.41) is 8.74. The van der Waals surface area contributed by atoms with E-state index in [1.165, 1.54) is 50.7 Å². The van der Waals surface area contributed by atoms with Crippen molar-refractivity contribution < 1.29 is 22.7 Å². The minimum atomic E-state index is -4.47. The van der Waals surface area contributed by atoms with E-state index in [0.717, 1.165) is 24.3 Å². The lowest BCUT2D eigenvalue weighted by Crippen LogP contribution is -2.51. The van der Waals surface area contributed by atoms with Gasteiger partial charge in [-0.3, -0.25) is 14.7 Å². The largest absolute Gasteiger partial charge is 0.492 e. The Kier molecular flexibility index (Phi) is 8.61. The van der Waals surface area contributed by atoms with Gasteiger partial charge in [0.15, 0.2) is 11.5 Å². The summed E-state index contributed by atoms with van der Waals surface area (Å²) in [4.78, 5) is 23.6. The van der Waals surface area contributed by atoms with E-state index in [2.05, 4.69) is 25.0 Å². The van der Waals surface area contributed by atoms with Gasteiger partial charge in [-0.1, -0.05) is 0 Å². The van der Waals surface area contributed by atoms with Gasteiger partial charge in [0, 0.05) is 58.1 Å². The number of carbonyl (C=O) groups is 1. The number of nitrogens with zero attached hydrogens (tertiary/aromatic N) is 6. The highest BCUT2D eigenvalue weighted by Crippen LogP contribution is 2.60. The molecule has 4 bridgehead atoms. The molecule has 4 saturated carbocycles. The summed E-state index contributed by atoms with van der Waals surface area (Å²) in [7, 11) is 1.90. The Morgan fingerprint density at radius 1 is 0.936 bits per heavy atom. The molecule has 250 valence electrons. The summed E-state index contributed by atoms with van der Waals surface area (Å²) in [6, 6.07) is 9.55. The number of piperazine rings is 1. The van der Waals surface area contributed by atoms with Gasteiger partial charge in [0.2, 0.25) is 0 Å². The van der Waals surface area contributed by atoms with E-state index in [0.29, 0.717) is 73.3 Å². The highest BCUT2D eigenvalue weighted by Gasteiger charge is 2.51. The van der Waals surface area contributed by atoms with Crippen LogP contribution in [0.4, 0.5) is 19.0 Å². The lowest BCUT2D eigenvalue weighted by Gasteiger charge is -2.57. The molecule has 3 heterocycles. The normalized spacial score (nSPS) is 25.6. The van der Waals surface area contributed by atoms with Crippen LogP contribution in [0.15, 0.2) is 48.8 Å². The molecule has 0 atom stereocenters. The van der Waals surface area contributed by atoms with Crippen molar-refractivity contribution in [2.45, 2.75) is 58.2 Å². The number of hydrogen-bond acceptors (Lipinski definition) is 7. The fraction of sp³-hybridized carbons (Fsp3) is 0.556. The van der Waals surface area contributed by atoms with Gasteiger partial charge in [-0.2, -0.15) is 13.2 Å². The smallest absolute Gasteiger partial charge is 0.416 e. The van der Waals surface area contributed by atoms with Crippen LogP contribution in [0.5, 0.6) is 5.75 Å². The molecule has 1 saturated heterocycles. The van der Waals surface area contributed by atoms with Crippen LogP contribution in [0, 0.1) is 23.2 Å². The molecule has 47 heavy (non-hydrogen) atoms. The van der Waals surface area contributed by atoms with Gasteiger partial charge in [0.05, 0.1) is 18.4 Å². The monoisotopic (exact) mass is 648 g/mol. The molecule has 1 aliphatic heterocycles. The number of alkyl halides is 3. The molecule has 1 amide bonds. The van der Waals surface area contributed by atoms with E-state index in [4.69, 9.17) is 4.74 Å². The van der Waals surface area contributed by atoms with Gasteiger partial charge in [-0.25, -0.2) is 0 Å². The van der Waals surface area contributed by atoms with Crippen molar-refractivity contribution in [3.05, 3.63) is 65.6 Å². The van der Waals surface area contributed by atoms with Crippen LogP contribution in [0.1, 0.15) is 67.1 Å². The minimum Gasteiger partial charge on any atom is -0.492 e. The summed E-state index contributed by atoms with van der Waals surface area (Å²) in [5.74, 6) is 3.66. The summed E-state index contributed by atoms with van der Waals surface area (Å²) < 4.78 is 47.1. The first kappa shape index (κ1) is 31.8. The molecule has 3 aromatic rings. The molecule has 11 heteroatoms. The van der Waals surface area contributed by atoms with Crippen LogP contribution < -0.4 is 9.64 Å². The molecule has 5 aliphatic rings. The second-order valence-corrected chi connectivity index (χ2v) is 14.4. The second kappa shape index (κ2) is 12.7. The average Bonchev–Trinajstić information content (AvgIpc) is 3.04. The predicted octanol–water partition coefficient (Wildman–Crippen LogP) is 6.57. The highest BCUT2D eigenvalue weighted by molar-refractivity contribution is 5.92. The molecule has 0 spiro atoms. The third-order valence-electron chi connectivity index (χ3n) is 10.7. The summed E-state index contributed by atoms with van der Waals surface area (Å²) in [5.41, 5.74) is 1.57. The number of rotatable bonds is 9.